The van der Waals surface area contributed by atoms with Crippen LogP contribution in [-0.4, -0.2) is 0 Å². The van der Waals surface area contributed by atoms with Gasteiger partial charge in [-0.15, -0.1) is 0 Å². The predicted molar refractivity (Wildman–Crippen MR) is 120 cm³/mol. The van der Waals surface area contributed by atoms with Crippen molar-refractivity contribution in [2.75, 3.05) is 5.32 Å². The molecule has 0 aromatic heterocycles. The van der Waals surface area contributed by atoms with Gasteiger partial charge >= 0.3 is 0 Å². The van der Waals surface area contributed by atoms with Crippen molar-refractivity contribution in [3.8, 4) is 11.1 Å². The van der Waals surface area contributed by atoms with Crippen LogP contribution in [-0.2, 0) is 6.42 Å². The lowest BCUT2D eigenvalue weighted by atomic mass is 10.00. The van der Waals surface area contributed by atoms with Crippen LogP contribution in [0.15, 0.2) is 97.1 Å². The SMILES string of the molecule is Cc1ccc(Cc2ccc(-c3ccc(Nc4ccc(C)cc4)cc3)cc2)cc1. The van der Waals surface area contributed by atoms with Gasteiger partial charge in [0.1, 0.15) is 0 Å². The van der Waals surface area contributed by atoms with Crippen LogP contribution >= 0.6 is 0 Å². The summed E-state index contributed by atoms with van der Waals surface area (Å²) in [6.45, 7) is 4.23. The van der Waals surface area contributed by atoms with Crippen molar-refractivity contribution < 1.29 is 0 Å². The zero-order chi connectivity index (χ0) is 19.3. The Balaban J connectivity index is 1.43. The first kappa shape index (κ1) is 18.1. The molecule has 0 unspecified atom stereocenters. The van der Waals surface area contributed by atoms with E-state index in [1.54, 1.807) is 0 Å². The van der Waals surface area contributed by atoms with Crippen LogP contribution in [0.25, 0.3) is 11.1 Å². The van der Waals surface area contributed by atoms with Gasteiger partial charge in [0.2, 0.25) is 0 Å². The summed E-state index contributed by atoms with van der Waals surface area (Å²) in [5.74, 6) is 0. The van der Waals surface area contributed by atoms with Gasteiger partial charge in [0, 0.05) is 11.4 Å². The second-order valence-corrected chi connectivity index (χ2v) is 7.43. The molecule has 0 atom stereocenters. The van der Waals surface area contributed by atoms with Crippen LogP contribution in [0, 0.1) is 13.8 Å². The fourth-order valence-corrected chi connectivity index (χ4v) is 3.31. The van der Waals surface area contributed by atoms with Crippen molar-refractivity contribution in [1.29, 1.82) is 0 Å². The van der Waals surface area contributed by atoms with E-state index in [4.69, 9.17) is 0 Å². The molecule has 1 heteroatoms. The minimum atomic E-state index is 0.972. The standard InChI is InChI=1S/C27H25N/c1-20-3-7-22(8-4-20)19-23-9-11-24(12-10-23)25-13-17-27(18-14-25)28-26-15-5-21(2)6-16-26/h3-18,28H,19H2,1-2H3. The molecule has 4 rings (SSSR count). The summed E-state index contributed by atoms with van der Waals surface area (Å²) >= 11 is 0. The number of hydrogen-bond donors (Lipinski definition) is 1. The molecule has 0 spiro atoms. The molecule has 0 saturated heterocycles. The minimum absolute atomic E-state index is 0.972. The Kier molecular flexibility index (Phi) is 5.25. The predicted octanol–water partition coefficient (Wildman–Crippen LogP) is 7.30. The van der Waals surface area contributed by atoms with Crippen molar-refractivity contribution in [2.24, 2.45) is 0 Å². The lowest BCUT2D eigenvalue weighted by Gasteiger charge is -2.09. The van der Waals surface area contributed by atoms with Crippen LogP contribution in [0.2, 0.25) is 0 Å². The Morgan fingerprint density at radius 2 is 0.821 bits per heavy atom. The van der Waals surface area contributed by atoms with Crippen LogP contribution < -0.4 is 5.32 Å². The highest BCUT2D eigenvalue weighted by Crippen LogP contribution is 2.24. The topological polar surface area (TPSA) is 12.0 Å². The molecule has 0 amide bonds. The van der Waals surface area contributed by atoms with Gasteiger partial charge in [-0.2, -0.15) is 0 Å². The first-order valence-electron chi connectivity index (χ1n) is 9.74. The maximum Gasteiger partial charge on any atom is 0.0384 e. The molecular weight excluding hydrogens is 338 g/mol. The first-order chi connectivity index (χ1) is 13.7. The Hall–Kier alpha value is -3.32. The summed E-state index contributed by atoms with van der Waals surface area (Å²) in [5, 5.41) is 3.45. The second-order valence-electron chi connectivity index (χ2n) is 7.43. The Morgan fingerprint density at radius 1 is 0.464 bits per heavy atom. The Bertz CT molecular complexity index is 936. The molecule has 4 aromatic rings. The highest BCUT2D eigenvalue weighted by molar-refractivity contribution is 5.68. The Morgan fingerprint density at radius 3 is 1.32 bits per heavy atom. The van der Waals surface area contributed by atoms with Gasteiger partial charge in [-0.1, -0.05) is 83.9 Å². The third-order valence-corrected chi connectivity index (χ3v) is 5.04. The van der Waals surface area contributed by atoms with Crippen molar-refractivity contribution in [3.05, 3.63) is 119 Å². The summed E-state index contributed by atoms with van der Waals surface area (Å²) < 4.78 is 0. The molecule has 1 nitrogen and oxygen atoms in total. The molecule has 0 heterocycles. The zero-order valence-corrected chi connectivity index (χ0v) is 16.4. The third-order valence-electron chi connectivity index (χ3n) is 5.04. The summed E-state index contributed by atoms with van der Waals surface area (Å²) in [4.78, 5) is 0. The van der Waals surface area contributed by atoms with E-state index < -0.39 is 0 Å². The summed E-state index contributed by atoms with van der Waals surface area (Å²) in [7, 11) is 0. The molecular formula is C27H25N. The summed E-state index contributed by atoms with van der Waals surface area (Å²) in [6.07, 6.45) is 0.972. The zero-order valence-electron chi connectivity index (χ0n) is 16.4. The van der Waals surface area contributed by atoms with Gasteiger partial charge in [0.25, 0.3) is 0 Å². The summed E-state index contributed by atoms with van der Waals surface area (Å²) in [6, 6.07) is 34.7. The van der Waals surface area contributed by atoms with Crippen LogP contribution in [0.5, 0.6) is 0 Å². The third kappa shape index (κ3) is 4.50. The highest BCUT2D eigenvalue weighted by atomic mass is 14.9. The van der Waals surface area contributed by atoms with Crippen molar-refractivity contribution in [3.63, 3.8) is 0 Å². The van der Waals surface area contributed by atoms with Crippen LogP contribution in [0.1, 0.15) is 22.3 Å². The molecule has 1 N–H and O–H groups in total. The van der Waals surface area contributed by atoms with Gasteiger partial charge in [-0.3, -0.25) is 0 Å². The number of nitrogens with one attached hydrogen (secondary N) is 1. The second kappa shape index (κ2) is 8.14. The maximum absolute atomic E-state index is 3.45. The van der Waals surface area contributed by atoms with Crippen molar-refractivity contribution >= 4 is 11.4 Å². The van der Waals surface area contributed by atoms with E-state index in [0.29, 0.717) is 0 Å². The molecule has 28 heavy (non-hydrogen) atoms. The molecule has 0 aliphatic carbocycles. The number of rotatable bonds is 5. The van der Waals surface area contributed by atoms with Crippen molar-refractivity contribution in [1.82, 2.24) is 0 Å². The van der Waals surface area contributed by atoms with Gasteiger partial charge in [0.05, 0.1) is 0 Å². The first-order valence-corrected chi connectivity index (χ1v) is 9.74. The van der Waals surface area contributed by atoms with Crippen LogP contribution in [0.3, 0.4) is 0 Å². The number of aryl methyl sites for hydroxylation is 2. The van der Waals surface area contributed by atoms with Gasteiger partial charge in [-0.25, -0.2) is 0 Å². The molecule has 0 radical (unpaired) electrons. The Labute approximate surface area is 167 Å². The monoisotopic (exact) mass is 363 g/mol. The van der Waals surface area contributed by atoms with Gasteiger partial charge < -0.3 is 5.32 Å². The quantitative estimate of drug-likeness (QED) is 0.392. The smallest absolute Gasteiger partial charge is 0.0384 e. The number of anilines is 2. The number of hydrogen-bond acceptors (Lipinski definition) is 1. The maximum atomic E-state index is 3.45. The molecule has 0 bridgehead atoms. The fourth-order valence-electron chi connectivity index (χ4n) is 3.31. The highest BCUT2D eigenvalue weighted by Gasteiger charge is 2.01. The van der Waals surface area contributed by atoms with E-state index in [0.717, 1.165) is 17.8 Å². The van der Waals surface area contributed by atoms with Crippen LogP contribution in [0.4, 0.5) is 11.4 Å². The minimum Gasteiger partial charge on any atom is -0.356 e. The van der Waals surface area contributed by atoms with E-state index in [1.165, 1.54) is 33.4 Å². The van der Waals surface area contributed by atoms with E-state index in [2.05, 4.69) is 116 Å². The lowest BCUT2D eigenvalue weighted by Crippen LogP contribution is -1.90. The van der Waals surface area contributed by atoms with E-state index in [1.807, 2.05) is 0 Å². The summed E-state index contributed by atoms with van der Waals surface area (Å²) in [5.41, 5.74) is 9.95. The van der Waals surface area contributed by atoms with E-state index >= 15 is 0 Å². The van der Waals surface area contributed by atoms with Gasteiger partial charge in [-0.05, 0) is 66.8 Å². The molecule has 138 valence electrons. The molecule has 0 aliphatic heterocycles. The van der Waals surface area contributed by atoms with Gasteiger partial charge in [0.15, 0.2) is 0 Å². The largest absolute Gasteiger partial charge is 0.356 e. The molecule has 0 fully saturated rings. The lowest BCUT2D eigenvalue weighted by molar-refractivity contribution is 1.19. The average Bonchev–Trinajstić information content (AvgIpc) is 2.73. The molecule has 0 saturated carbocycles. The van der Waals surface area contributed by atoms with Crippen molar-refractivity contribution in [2.45, 2.75) is 20.3 Å². The number of benzene rings is 4. The average molecular weight is 364 g/mol. The normalized spacial score (nSPS) is 10.6. The van der Waals surface area contributed by atoms with E-state index in [-0.39, 0.29) is 0 Å². The molecule has 0 aliphatic rings. The van der Waals surface area contributed by atoms with E-state index in [9.17, 15) is 0 Å². The fraction of sp³-hybridized carbons (Fsp3) is 0.111. The molecule has 4 aromatic carbocycles.